The number of piperidine rings is 1. The highest BCUT2D eigenvalue weighted by molar-refractivity contribution is 5.80. The summed E-state index contributed by atoms with van der Waals surface area (Å²) in [7, 11) is 1.41. The molecule has 0 radical (unpaired) electrons. The van der Waals surface area contributed by atoms with E-state index in [4.69, 9.17) is 9.47 Å². The molecule has 6 nitrogen and oxygen atoms in total. The van der Waals surface area contributed by atoms with Crippen LogP contribution in [0.4, 0.5) is 0 Å². The van der Waals surface area contributed by atoms with Crippen molar-refractivity contribution in [3.8, 4) is 6.07 Å². The third-order valence-corrected chi connectivity index (χ3v) is 6.21. The predicted octanol–water partition coefficient (Wildman–Crippen LogP) is 2.42. The Bertz CT molecular complexity index is 537. The number of nitriles is 1. The Labute approximate surface area is 149 Å². The first-order chi connectivity index (χ1) is 12.1. The highest BCUT2D eigenvalue weighted by Crippen LogP contribution is 2.40. The number of methoxy groups -OCH3 is 1. The minimum atomic E-state index is -0.479. The SMILES string of the molecule is COC(=O)C1CCC(C(=O)N2CCC[C@]3(CCCCO3)[C@H]2C#N)CC1. The first-order valence-corrected chi connectivity index (χ1v) is 9.53. The van der Waals surface area contributed by atoms with E-state index < -0.39 is 11.6 Å². The number of nitrogens with zero attached hydrogens (tertiary/aromatic N) is 2. The van der Waals surface area contributed by atoms with Gasteiger partial charge in [-0.3, -0.25) is 9.59 Å². The summed E-state index contributed by atoms with van der Waals surface area (Å²) in [5.74, 6) is -0.276. The first-order valence-electron chi connectivity index (χ1n) is 9.53. The van der Waals surface area contributed by atoms with Crippen molar-refractivity contribution in [1.82, 2.24) is 4.90 Å². The van der Waals surface area contributed by atoms with Gasteiger partial charge in [-0.05, 0) is 57.8 Å². The molecule has 138 valence electrons. The van der Waals surface area contributed by atoms with Crippen LogP contribution in [0.3, 0.4) is 0 Å². The van der Waals surface area contributed by atoms with Crippen molar-refractivity contribution in [2.24, 2.45) is 11.8 Å². The Morgan fingerprint density at radius 1 is 1.12 bits per heavy atom. The molecule has 0 aromatic carbocycles. The summed E-state index contributed by atoms with van der Waals surface area (Å²) < 4.78 is 10.9. The first kappa shape index (κ1) is 18.2. The zero-order valence-electron chi connectivity index (χ0n) is 15.0. The summed E-state index contributed by atoms with van der Waals surface area (Å²) in [5, 5.41) is 9.79. The van der Waals surface area contributed by atoms with Gasteiger partial charge in [0.05, 0.1) is 19.1 Å². The highest BCUT2D eigenvalue weighted by Gasteiger charge is 2.49. The Kier molecular flexibility index (Phi) is 5.63. The molecule has 2 heterocycles. The number of hydrogen-bond donors (Lipinski definition) is 0. The van der Waals surface area contributed by atoms with Crippen molar-refractivity contribution in [2.75, 3.05) is 20.3 Å². The third kappa shape index (κ3) is 3.52. The second kappa shape index (κ2) is 7.74. The van der Waals surface area contributed by atoms with E-state index in [1.165, 1.54) is 7.11 Å². The van der Waals surface area contributed by atoms with Gasteiger partial charge in [-0.1, -0.05) is 0 Å². The van der Waals surface area contributed by atoms with Gasteiger partial charge in [0.2, 0.25) is 5.91 Å². The quantitative estimate of drug-likeness (QED) is 0.716. The molecular weight excluding hydrogens is 320 g/mol. The van der Waals surface area contributed by atoms with Crippen LogP contribution in [0.2, 0.25) is 0 Å². The maximum Gasteiger partial charge on any atom is 0.308 e. The summed E-state index contributed by atoms with van der Waals surface area (Å²) in [6.07, 6.45) is 7.49. The second-order valence-corrected chi connectivity index (χ2v) is 7.61. The van der Waals surface area contributed by atoms with E-state index >= 15 is 0 Å². The lowest BCUT2D eigenvalue weighted by molar-refractivity contribution is -0.164. The topological polar surface area (TPSA) is 79.6 Å². The molecular formula is C19H28N2O4. The molecule has 2 aliphatic heterocycles. The number of carbonyl (C=O) groups excluding carboxylic acids is 2. The molecule has 1 spiro atoms. The van der Waals surface area contributed by atoms with Crippen LogP contribution in [0.15, 0.2) is 0 Å². The lowest BCUT2D eigenvalue weighted by Crippen LogP contribution is -2.61. The van der Waals surface area contributed by atoms with Crippen molar-refractivity contribution in [3.63, 3.8) is 0 Å². The van der Waals surface area contributed by atoms with E-state index in [-0.39, 0.29) is 23.7 Å². The van der Waals surface area contributed by atoms with Crippen LogP contribution in [-0.4, -0.2) is 48.7 Å². The van der Waals surface area contributed by atoms with Gasteiger partial charge < -0.3 is 14.4 Å². The van der Waals surface area contributed by atoms with Crippen LogP contribution in [0.1, 0.15) is 57.8 Å². The van der Waals surface area contributed by atoms with Gasteiger partial charge in [-0.15, -0.1) is 0 Å². The van der Waals surface area contributed by atoms with E-state index in [2.05, 4.69) is 6.07 Å². The van der Waals surface area contributed by atoms with Gasteiger partial charge in [0, 0.05) is 19.1 Å². The van der Waals surface area contributed by atoms with Crippen molar-refractivity contribution in [3.05, 3.63) is 0 Å². The Morgan fingerprint density at radius 3 is 2.40 bits per heavy atom. The zero-order chi connectivity index (χ0) is 17.9. The average molecular weight is 348 g/mol. The fourth-order valence-corrected chi connectivity index (χ4v) is 4.79. The summed E-state index contributed by atoms with van der Waals surface area (Å²) in [4.78, 5) is 26.5. The molecule has 0 unspecified atom stereocenters. The summed E-state index contributed by atoms with van der Waals surface area (Å²) in [6.45, 7) is 1.32. The third-order valence-electron chi connectivity index (χ3n) is 6.21. The smallest absolute Gasteiger partial charge is 0.308 e. The molecule has 1 amide bonds. The molecule has 2 atom stereocenters. The number of hydrogen-bond acceptors (Lipinski definition) is 5. The van der Waals surface area contributed by atoms with Gasteiger partial charge in [0.25, 0.3) is 0 Å². The van der Waals surface area contributed by atoms with Crippen LogP contribution < -0.4 is 0 Å². The number of rotatable bonds is 2. The number of amides is 1. The Morgan fingerprint density at radius 2 is 1.80 bits per heavy atom. The van der Waals surface area contributed by atoms with Crippen LogP contribution in [0.25, 0.3) is 0 Å². The number of esters is 1. The van der Waals surface area contributed by atoms with Gasteiger partial charge in [0.15, 0.2) is 0 Å². The Balaban J connectivity index is 1.67. The maximum atomic E-state index is 13.1. The molecule has 2 saturated heterocycles. The number of likely N-dealkylation sites (tertiary alicyclic amines) is 1. The van der Waals surface area contributed by atoms with Crippen LogP contribution in [0.5, 0.6) is 0 Å². The molecule has 0 N–H and O–H groups in total. The number of carbonyl (C=O) groups is 2. The van der Waals surface area contributed by atoms with Gasteiger partial charge in [0.1, 0.15) is 11.6 Å². The molecule has 0 aromatic heterocycles. The molecule has 25 heavy (non-hydrogen) atoms. The van der Waals surface area contributed by atoms with Crippen LogP contribution in [0, 0.1) is 23.2 Å². The lowest BCUT2D eigenvalue weighted by Gasteiger charge is -2.49. The highest BCUT2D eigenvalue weighted by atomic mass is 16.5. The average Bonchev–Trinajstić information content (AvgIpc) is 2.67. The number of ether oxygens (including phenoxy) is 2. The zero-order valence-corrected chi connectivity index (χ0v) is 15.0. The predicted molar refractivity (Wildman–Crippen MR) is 90.3 cm³/mol. The Hall–Kier alpha value is -1.61. The van der Waals surface area contributed by atoms with Crippen LogP contribution >= 0.6 is 0 Å². The van der Waals surface area contributed by atoms with Crippen molar-refractivity contribution in [1.29, 1.82) is 5.26 Å². The summed E-state index contributed by atoms with van der Waals surface area (Å²) in [5.41, 5.74) is -0.468. The molecule has 1 aliphatic carbocycles. The monoisotopic (exact) mass is 348 g/mol. The minimum Gasteiger partial charge on any atom is -0.469 e. The van der Waals surface area contributed by atoms with E-state index in [9.17, 15) is 14.9 Å². The fourth-order valence-electron chi connectivity index (χ4n) is 4.79. The molecule has 0 aromatic rings. The van der Waals surface area contributed by atoms with E-state index in [1.807, 2.05) is 0 Å². The largest absolute Gasteiger partial charge is 0.469 e. The normalized spacial score (nSPS) is 35.8. The van der Waals surface area contributed by atoms with Crippen molar-refractivity contribution < 1.29 is 19.1 Å². The standard InChI is InChI=1S/C19H28N2O4/c1-24-18(23)15-7-5-14(6-8-15)17(22)21-11-4-10-19(16(21)13-20)9-2-3-12-25-19/h14-16H,2-12H2,1H3/t14?,15?,16-,19-/m1/s1. The van der Waals surface area contributed by atoms with E-state index in [0.717, 1.165) is 32.1 Å². The molecule has 1 saturated carbocycles. The molecule has 3 aliphatic rings. The second-order valence-electron chi connectivity index (χ2n) is 7.61. The van der Waals surface area contributed by atoms with Gasteiger partial charge >= 0.3 is 5.97 Å². The van der Waals surface area contributed by atoms with Crippen LogP contribution in [-0.2, 0) is 19.1 Å². The molecule has 0 bridgehead atoms. The molecule has 3 rings (SSSR count). The summed E-state index contributed by atoms with van der Waals surface area (Å²) in [6, 6.07) is 1.90. The van der Waals surface area contributed by atoms with Crippen molar-refractivity contribution in [2.45, 2.75) is 69.4 Å². The van der Waals surface area contributed by atoms with E-state index in [1.54, 1.807) is 4.90 Å². The van der Waals surface area contributed by atoms with Gasteiger partial charge in [-0.2, -0.15) is 5.26 Å². The maximum absolute atomic E-state index is 13.1. The summed E-state index contributed by atoms with van der Waals surface area (Å²) >= 11 is 0. The molecule has 6 heteroatoms. The van der Waals surface area contributed by atoms with E-state index in [0.29, 0.717) is 38.8 Å². The van der Waals surface area contributed by atoms with Crippen molar-refractivity contribution >= 4 is 11.9 Å². The fraction of sp³-hybridized carbons (Fsp3) is 0.842. The van der Waals surface area contributed by atoms with Gasteiger partial charge in [-0.25, -0.2) is 0 Å². The minimum absolute atomic E-state index is 0.0723. The molecule has 3 fully saturated rings. The lowest BCUT2D eigenvalue weighted by atomic mass is 9.77.